The standard InChI is InChI=1S/C11H20ClNO/c1-3-11(4-2)5-7-13(8-6-11)10(14)9-12/h3-9H2,1-2H3. The van der Waals surface area contributed by atoms with Gasteiger partial charge in [0.05, 0.1) is 0 Å². The lowest BCUT2D eigenvalue weighted by Gasteiger charge is -2.40. The Bertz CT molecular complexity index is 191. The lowest BCUT2D eigenvalue weighted by atomic mass is 9.74. The molecule has 0 N–H and O–H groups in total. The molecule has 1 aliphatic heterocycles. The summed E-state index contributed by atoms with van der Waals surface area (Å²) in [5.41, 5.74) is 0.489. The Morgan fingerprint density at radius 1 is 1.29 bits per heavy atom. The molecule has 1 amide bonds. The summed E-state index contributed by atoms with van der Waals surface area (Å²) < 4.78 is 0. The van der Waals surface area contributed by atoms with Crippen molar-refractivity contribution in [1.29, 1.82) is 0 Å². The van der Waals surface area contributed by atoms with Gasteiger partial charge < -0.3 is 4.90 Å². The van der Waals surface area contributed by atoms with E-state index in [1.165, 1.54) is 12.8 Å². The molecule has 3 heteroatoms. The number of piperidine rings is 1. The summed E-state index contributed by atoms with van der Waals surface area (Å²) in [5.74, 6) is 0.220. The number of carbonyl (C=O) groups is 1. The summed E-state index contributed by atoms with van der Waals surface area (Å²) in [6, 6.07) is 0. The molecule has 1 heterocycles. The van der Waals surface area contributed by atoms with Crippen LogP contribution < -0.4 is 0 Å². The van der Waals surface area contributed by atoms with Crippen molar-refractivity contribution in [2.45, 2.75) is 39.5 Å². The van der Waals surface area contributed by atoms with E-state index in [4.69, 9.17) is 11.6 Å². The SMILES string of the molecule is CCC1(CC)CCN(C(=O)CCl)CC1. The second-order valence-corrected chi connectivity index (χ2v) is 4.49. The molecule has 0 aromatic heterocycles. The Balaban J connectivity index is 2.48. The van der Waals surface area contributed by atoms with Gasteiger partial charge in [0.1, 0.15) is 5.88 Å². The van der Waals surface area contributed by atoms with Gasteiger partial charge in [-0.3, -0.25) is 4.79 Å². The number of likely N-dealkylation sites (tertiary alicyclic amines) is 1. The first kappa shape index (κ1) is 11.8. The Kier molecular flexibility index (Phi) is 4.24. The first-order chi connectivity index (χ1) is 6.67. The average molecular weight is 218 g/mol. The van der Waals surface area contributed by atoms with Crippen molar-refractivity contribution in [1.82, 2.24) is 4.90 Å². The second-order valence-electron chi connectivity index (χ2n) is 4.22. The maximum absolute atomic E-state index is 11.3. The number of hydrogen-bond donors (Lipinski definition) is 0. The lowest BCUT2D eigenvalue weighted by molar-refractivity contribution is -0.130. The van der Waals surface area contributed by atoms with Crippen molar-refractivity contribution in [3.05, 3.63) is 0 Å². The van der Waals surface area contributed by atoms with Crippen LogP contribution in [0.1, 0.15) is 39.5 Å². The Hall–Kier alpha value is -0.240. The van der Waals surface area contributed by atoms with Crippen LogP contribution in [0.3, 0.4) is 0 Å². The third-order valence-corrected chi connectivity index (χ3v) is 4.02. The van der Waals surface area contributed by atoms with Crippen LogP contribution in [0.5, 0.6) is 0 Å². The van der Waals surface area contributed by atoms with E-state index in [1.54, 1.807) is 0 Å². The molecule has 0 unspecified atom stereocenters. The van der Waals surface area contributed by atoms with E-state index in [0.717, 1.165) is 25.9 Å². The Morgan fingerprint density at radius 2 is 1.79 bits per heavy atom. The average Bonchev–Trinajstić information content (AvgIpc) is 2.28. The third kappa shape index (κ3) is 2.41. The zero-order chi connectivity index (χ0) is 10.6. The summed E-state index contributed by atoms with van der Waals surface area (Å²) in [6.45, 7) is 6.30. The quantitative estimate of drug-likeness (QED) is 0.666. The van der Waals surface area contributed by atoms with Crippen molar-refractivity contribution in [3.8, 4) is 0 Å². The Morgan fingerprint density at radius 3 is 2.14 bits per heavy atom. The van der Waals surface area contributed by atoms with Gasteiger partial charge in [-0.2, -0.15) is 0 Å². The molecular weight excluding hydrogens is 198 g/mol. The van der Waals surface area contributed by atoms with Crippen molar-refractivity contribution in [2.75, 3.05) is 19.0 Å². The minimum Gasteiger partial charge on any atom is -0.342 e. The van der Waals surface area contributed by atoms with E-state index in [9.17, 15) is 4.79 Å². The zero-order valence-electron chi connectivity index (χ0n) is 9.18. The van der Waals surface area contributed by atoms with Crippen LogP contribution >= 0.6 is 11.6 Å². The number of amides is 1. The zero-order valence-corrected chi connectivity index (χ0v) is 9.94. The van der Waals surface area contributed by atoms with Crippen LogP contribution in [0.4, 0.5) is 0 Å². The third-order valence-electron chi connectivity index (χ3n) is 3.79. The summed E-state index contributed by atoms with van der Waals surface area (Å²) in [5, 5.41) is 0. The molecule has 0 bridgehead atoms. The molecule has 82 valence electrons. The molecule has 1 rings (SSSR count). The van der Waals surface area contributed by atoms with E-state index in [1.807, 2.05) is 4.90 Å². The highest BCUT2D eigenvalue weighted by atomic mass is 35.5. The summed E-state index contributed by atoms with van der Waals surface area (Å²) >= 11 is 5.53. The molecule has 1 aliphatic rings. The fourth-order valence-corrected chi connectivity index (χ4v) is 2.44. The van der Waals surface area contributed by atoms with Crippen LogP contribution in [0.15, 0.2) is 0 Å². The topological polar surface area (TPSA) is 20.3 Å². The van der Waals surface area contributed by atoms with Crippen molar-refractivity contribution in [2.24, 2.45) is 5.41 Å². The van der Waals surface area contributed by atoms with E-state index in [-0.39, 0.29) is 11.8 Å². The molecule has 0 aromatic rings. The number of hydrogen-bond acceptors (Lipinski definition) is 1. The van der Waals surface area contributed by atoms with Gasteiger partial charge in [-0.1, -0.05) is 26.7 Å². The maximum Gasteiger partial charge on any atom is 0.237 e. The summed E-state index contributed by atoms with van der Waals surface area (Å²) in [6.07, 6.45) is 4.74. The van der Waals surface area contributed by atoms with Crippen molar-refractivity contribution < 1.29 is 4.79 Å². The first-order valence-corrected chi connectivity index (χ1v) is 6.04. The summed E-state index contributed by atoms with van der Waals surface area (Å²) in [7, 11) is 0. The molecule has 14 heavy (non-hydrogen) atoms. The molecule has 0 aliphatic carbocycles. The number of nitrogens with zero attached hydrogens (tertiary/aromatic N) is 1. The highest BCUT2D eigenvalue weighted by Crippen LogP contribution is 2.37. The molecule has 0 aromatic carbocycles. The van der Waals surface area contributed by atoms with Crippen LogP contribution in [-0.2, 0) is 4.79 Å². The van der Waals surface area contributed by atoms with Gasteiger partial charge in [0.2, 0.25) is 5.91 Å². The number of carbonyl (C=O) groups excluding carboxylic acids is 1. The van der Waals surface area contributed by atoms with Crippen LogP contribution in [0.2, 0.25) is 0 Å². The second kappa shape index (κ2) is 5.01. The van der Waals surface area contributed by atoms with Crippen LogP contribution in [-0.4, -0.2) is 29.8 Å². The predicted octanol–water partition coefficient (Wildman–Crippen LogP) is 2.65. The van der Waals surface area contributed by atoms with Gasteiger partial charge in [0.25, 0.3) is 0 Å². The highest BCUT2D eigenvalue weighted by Gasteiger charge is 2.32. The van der Waals surface area contributed by atoms with Gasteiger partial charge in [0.15, 0.2) is 0 Å². The van der Waals surface area contributed by atoms with Gasteiger partial charge in [-0.25, -0.2) is 0 Å². The van der Waals surface area contributed by atoms with Crippen molar-refractivity contribution in [3.63, 3.8) is 0 Å². The monoisotopic (exact) mass is 217 g/mol. The minimum absolute atomic E-state index is 0.0903. The normalized spacial score (nSPS) is 20.9. The molecule has 2 nitrogen and oxygen atoms in total. The predicted molar refractivity (Wildman–Crippen MR) is 59.5 cm³/mol. The highest BCUT2D eigenvalue weighted by molar-refractivity contribution is 6.27. The fraction of sp³-hybridized carbons (Fsp3) is 0.909. The van der Waals surface area contributed by atoms with Crippen LogP contribution in [0, 0.1) is 5.41 Å². The maximum atomic E-state index is 11.3. The van der Waals surface area contributed by atoms with E-state index in [2.05, 4.69) is 13.8 Å². The van der Waals surface area contributed by atoms with E-state index >= 15 is 0 Å². The van der Waals surface area contributed by atoms with E-state index < -0.39 is 0 Å². The Labute approximate surface area is 91.6 Å². The molecule has 0 spiro atoms. The molecule has 0 radical (unpaired) electrons. The number of rotatable bonds is 3. The molecular formula is C11H20ClNO. The first-order valence-electron chi connectivity index (χ1n) is 5.51. The minimum atomic E-state index is 0.0903. The molecule has 1 fully saturated rings. The van der Waals surface area contributed by atoms with Gasteiger partial charge in [0, 0.05) is 13.1 Å². The lowest BCUT2D eigenvalue weighted by Crippen LogP contribution is -2.43. The molecule has 0 atom stereocenters. The van der Waals surface area contributed by atoms with Gasteiger partial charge >= 0.3 is 0 Å². The van der Waals surface area contributed by atoms with E-state index in [0.29, 0.717) is 5.41 Å². The molecule has 0 saturated carbocycles. The smallest absolute Gasteiger partial charge is 0.237 e. The van der Waals surface area contributed by atoms with Gasteiger partial charge in [-0.05, 0) is 18.3 Å². The molecule has 1 saturated heterocycles. The fourth-order valence-electron chi connectivity index (χ4n) is 2.27. The number of alkyl halides is 1. The van der Waals surface area contributed by atoms with Gasteiger partial charge in [-0.15, -0.1) is 11.6 Å². The number of halogens is 1. The van der Waals surface area contributed by atoms with Crippen LogP contribution in [0.25, 0.3) is 0 Å². The van der Waals surface area contributed by atoms with Crippen molar-refractivity contribution >= 4 is 17.5 Å². The summed E-state index contributed by atoms with van der Waals surface area (Å²) in [4.78, 5) is 13.2. The largest absolute Gasteiger partial charge is 0.342 e.